The van der Waals surface area contributed by atoms with Crippen LogP contribution in [0.15, 0.2) is 0 Å². The van der Waals surface area contributed by atoms with Crippen LogP contribution in [0.3, 0.4) is 0 Å². The third kappa shape index (κ3) is 2.36. The van der Waals surface area contributed by atoms with Gasteiger partial charge in [-0.05, 0) is 0 Å². The lowest BCUT2D eigenvalue weighted by molar-refractivity contribution is -0.192. The Bertz CT molecular complexity index is 257. The summed E-state index contributed by atoms with van der Waals surface area (Å²) in [6.45, 7) is -0.241. The first-order valence-corrected chi connectivity index (χ1v) is 3.88. The van der Waals surface area contributed by atoms with Crippen LogP contribution in [0.25, 0.3) is 0 Å². The molecule has 4 nitrogen and oxygen atoms in total. The number of carbonyl (C=O) groups excluding carboxylic acids is 1. The summed E-state index contributed by atoms with van der Waals surface area (Å²) in [4.78, 5) is 21.3. The topological polar surface area (TPSA) is 57.6 Å². The van der Waals surface area contributed by atoms with Crippen molar-refractivity contribution < 1.29 is 27.9 Å². The van der Waals surface area contributed by atoms with Crippen molar-refractivity contribution in [2.24, 2.45) is 5.92 Å². The predicted molar refractivity (Wildman–Crippen MR) is 38.4 cm³/mol. The summed E-state index contributed by atoms with van der Waals surface area (Å²) in [5, 5.41) is 8.31. The summed E-state index contributed by atoms with van der Waals surface area (Å²) in [5.41, 5.74) is 0. The van der Waals surface area contributed by atoms with Crippen LogP contribution in [0.4, 0.5) is 13.2 Å². The standard InChI is InChI=1S/C7H8F3NO3/c8-7(9,10)6(14)11-2-4(3-11)1-5(12)13/h4H,1-3H2,(H,12,13). The molecule has 0 saturated carbocycles. The summed E-state index contributed by atoms with van der Waals surface area (Å²) in [6, 6.07) is 0. The highest BCUT2D eigenvalue weighted by atomic mass is 19.4. The highest BCUT2D eigenvalue weighted by Gasteiger charge is 2.46. The Labute approximate surface area is 77.3 Å². The van der Waals surface area contributed by atoms with E-state index in [0.29, 0.717) is 4.90 Å². The fourth-order valence-corrected chi connectivity index (χ4v) is 1.29. The molecule has 0 atom stereocenters. The van der Waals surface area contributed by atoms with Crippen molar-refractivity contribution in [1.82, 2.24) is 4.90 Å². The Morgan fingerprint density at radius 1 is 1.36 bits per heavy atom. The Morgan fingerprint density at radius 3 is 2.21 bits per heavy atom. The van der Waals surface area contributed by atoms with E-state index in [4.69, 9.17) is 5.11 Å². The molecule has 0 aromatic heterocycles. The number of amides is 1. The van der Waals surface area contributed by atoms with Crippen molar-refractivity contribution in [2.75, 3.05) is 13.1 Å². The second-order valence-corrected chi connectivity index (χ2v) is 3.17. The smallest absolute Gasteiger partial charge is 0.471 e. The van der Waals surface area contributed by atoms with Gasteiger partial charge in [-0.25, -0.2) is 0 Å². The van der Waals surface area contributed by atoms with E-state index in [1.54, 1.807) is 0 Å². The molecule has 1 fully saturated rings. The van der Waals surface area contributed by atoms with Crippen molar-refractivity contribution in [1.29, 1.82) is 0 Å². The van der Waals surface area contributed by atoms with Crippen molar-refractivity contribution in [3.8, 4) is 0 Å². The van der Waals surface area contributed by atoms with Gasteiger partial charge in [0.2, 0.25) is 0 Å². The first-order valence-electron chi connectivity index (χ1n) is 3.88. The van der Waals surface area contributed by atoms with Gasteiger partial charge in [-0.3, -0.25) is 9.59 Å². The Morgan fingerprint density at radius 2 is 1.86 bits per heavy atom. The highest BCUT2D eigenvalue weighted by molar-refractivity contribution is 5.82. The molecule has 0 unspecified atom stereocenters. The van der Waals surface area contributed by atoms with Crippen LogP contribution in [-0.4, -0.2) is 41.1 Å². The average molecular weight is 211 g/mol. The monoisotopic (exact) mass is 211 g/mol. The lowest BCUT2D eigenvalue weighted by Gasteiger charge is -2.38. The van der Waals surface area contributed by atoms with Crippen LogP contribution in [-0.2, 0) is 9.59 Å². The Balaban J connectivity index is 2.35. The molecule has 0 aliphatic carbocycles. The molecular formula is C7H8F3NO3. The molecule has 1 aliphatic rings. The number of likely N-dealkylation sites (tertiary alicyclic amines) is 1. The fourth-order valence-electron chi connectivity index (χ4n) is 1.29. The first-order chi connectivity index (χ1) is 6.30. The van der Waals surface area contributed by atoms with Gasteiger partial charge in [-0.15, -0.1) is 0 Å². The zero-order valence-electron chi connectivity index (χ0n) is 7.04. The van der Waals surface area contributed by atoms with Gasteiger partial charge < -0.3 is 10.0 Å². The number of nitrogens with zero attached hydrogens (tertiary/aromatic N) is 1. The highest BCUT2D eigenvalue weighted by Crippen LogP contribution is 2.26. The normalized spacial score (nSPS) is 17.8. The minimum Gasteiger partial charge on any atom is -0.481 e. The molecule has 80 valence electrons. The number of hydrogen-bond acceptors (Lipinski definition) is 2. The minimum absolute atomic E-state index is 0.120. The van der Waals surface area contributed by atoms with E-state index in [1.807, 2.05) is 0 Å². The second kappa shape index (κ2) is 3.47. The molecule has 0 radical (unpaired) electrons. The molecule has 7 heteroatoms. The maximum Gasteiger partial charge on any atom is 0.471 e. The molecule has 1 N–H and O–H groups in total. The Kier molecular flexibility index (Phi) is 2.68. The quantitative estimate of drug-likeness (QED) is 0.722. The van der Waals surface area contributed by atoms with Gasteiger partial charge in [0.05, 0.1) is 6.42 Å². The predicted octanol–water partition coefficient (Wildman–Crippen LogP) is 0.482. The van der Waals surface area contributed by atoms with Crippen molar-refractivity contribution in [3.05, 3.63) is 0 Å². The van der Waals surface area contributed by atoms with E-state index in [-0.39, 0.29) is 25.4 Å². The molecule has 14 heavy (non-hydrogen) atoms. The van der Waals surface area contributed by atoms with Gasteiger partial charge in [0.15, 0.2) is 0 Å². The van der Waals surface area contributed by atoms with Gasteiger partial charge in [-0.2, -0.15) is 13.2 Å². The van der Waals surface area contributed by atoms with Crippen LogP contribution < -0.4 is 0 Å². The molecule has 1 aliphatic heterocycles. The molecule has 1 saturated heterocycles. The maximum absolute atomic E-state index is 11.8. The zero-order chi connectivity index (χ0) is 10.9. The number of hydrogen-bond donors (Lipinski definition) is 1. The summed E-state index contributed by atoms with van der Waals surface area (Å²) in [5.74, 6) is -3.30. The first kappa shape index (κ1) is 10.8. The largest absolute Gasteiger partial charge is 0.481 e. The van der Waals surface area contributed by atoms with Gasteiger partial charge in [0, 0.05) is 19.0 Å². The molecule has 1 heterocycles. The summed E-state index contributed by atoms with van der Waals surface area (Å²) < 4.78 is 35.4. The fraction of sp³-hybridized carbons (Fsp3) is 0.714. The number of alkyl halides is 3. The number of carbonyl (C=O) groups is 2. The number of aliphatic carboxylic acids is 1. The molecule has 0 spiro atoms. The van der Waals surface area contributed by atoms with E-state index >= 15 is 0 Å². The van der Waals surface area contributed by atoms with Crippen LogP contribution in [0.1, 0.15) is 6.42 Å². The SMILES string of the molecule is O=C(O)CC1CN(C(=O)C(F)(F)F)C1. The molecule has 1 amide bonds. The van der Waals surface area contributed by atoms with E-state index < -0.39 is 18.1 Å². The summed E-state index contributed by atoms with van der Waals surface area (Å²) in [7, 11) is 0. The lowest BCUT2D eigenvalue weighted by atomic mass is 9.96. The second-order valence-electron chi connectivity index (χ2n) is 3.17. The molecule has 0 aromatic rings. The third-order valence-corrected chi connectivity index (χ3v) is 1.95. The molecule has 0 bridgehead atoms. The van der Waals surface area contributed by atoms with Gasteiger partial charge in [-0.1, -0.05) is 0 Å². The number of carboxylic acid groups (broad SMARTS) is 1. The van der Waals surface area contributed by atoms with Crippen molar-refractivity contribution in [3.63, 3.8) is 0 Å². The van der Waals surface area contributed by atoms with Crippen LogP contribution >= 0.6 is 0 Å². The number of carboxylic acids is 1. The van der Waals surface area contributed by atoms with Crippen LogP contribution in [0, 0.1) is 5.92 Å². The van der Waals surface area contributed by atoms with E-state index in [9.17, 15) is 22.8 Å². The van der Waals surface area contributed by atoms with E-state index in [0.717, 1.165) is 0 Å². The van der Waals surface area contributed by atoms with E-state index in [1.165, 1.54) is 0 Å². The molecule has 0 aromatic carbocycles. The number of rotatable bonds is 2. The zero-order valence-corrected chi connectivity index (χ0v) is 7.04. The third-order valence-electron chi connectivity index (χ3n) is 1.95. The minimum atomic E-state index is -4.85. The van der Waals surface area contributed by atoms with Crippen LogP contribution in [0.5, 0.6) is 0 Å². The van der Waals surface area contributed by atoms with Crippen molar-refractivity contribution >= 4 is 11.9 Å². The van der Waals surface area contributed by atoms with Crippen molar-refractivity contribution in [2.45, 2.75) is 12.6 Å². The Hall–Kier alpha value is -1.27. The average Bonchev–Trinajstić information content (AvgIpc) is 1.92. The molecule has 1 rings (SSSR count). The van der Waals surface area contributed by atoms with Gasteiger partial charge >= 0.3 is 18.1 Å². The molecular weight excluding hydrogens is 203 g/mol. The van der Waals surface area contributed by atoms with Crippen LogP contribution in [0.2, 0.25) is 0 Å². The number of halogens is 3. The lowest BCUT2D eigenvalue weighted by Crippen LogP contribution is -2.54. The summed E-state index contributed by atoms with van der Waals surface area (Å²) in [6.07, 6.45) is -5.05. The summed E-state index contributed by atoms with van der Waals surface area (Å²) >= 11 is 0. The van der Waals surface area contributed by atoms with Gasteiger partial charge in [0.1, 0.15) is 0 Å². The van der Waals surface area contributed by atoms with Gasteiger partial charge in [0.25, 0.3) is 0 Å². The maximum atomic E-state index is 11.8. The van der Waals surface area contributed by atoms with E-state index in [2.05, 4.69) is 0 Å².